The summed E-state index contributed by atoms with van der Waals surface area (Å²) >= 11 is 0. The summed E-state index contributed by atoms with van der Waals surface area (Å²) in [7, 11) is -3.85. The molecule has 4 nitrogen and oxygen atoms in total. The predicted molar refractivity (Wildman–Crippen MR) is 73.1 cm³/mol. The van der Waals surface area contributed by atoms with Crippen LogP contribution in [0.2, 0.25) is 0 Å². The van der Waals surface area contributed by atoms with Crippen molar-refractivity contribution in [1.82, 2.24) is 0 Å². The lowest BCUT2D eigenvalue weighted by Gasteiger charge is -2.09. The fourth-order valence-corrected chi connectivity index (χ4v) is 2.83. The van der Waals surface area contributed by atoms with Crippen LogP contribution in [0.25, 0.3) is 0 Å². The zero-order valence-electron chi connectivity index (χ0n) is 10.6. The molecule has 0 aliphatic rings. The summed E-state index contributed by atoms with van der Waals surface area (Å²) in [6, 6.07) is 11.4. The van der Waals surface area contributed by atoms with E-state index in [1.807, 2.05) is 6.07 Å². The minimum Gasteiger partial charge on any atom is -0.280 e. The Morgan fingerprint density at radius 2 is 1.95 bits per heavy atom. The number of nitriles is 1. The van der Waals surface area contributed by atoms with Gasteiger partial charge < -0.3 is 0 Å². The summed E-state index contributed by atoms with van der Waals surface area (Å²) < 4.78 is 39.8. The zero-order valence-corrected chi connectivity index (χ0v) is 11.4. The molecule has 102 valence electrons. The molecule has 6 heteroatoms. The highest BCUT2D eigenvalue weighted by atomic mass is 32.2. The van der Waals surface area contributed by atoms with Crippen LogP contribution >= 0.6 is 0 Å². The number of halogens is 1. The van der Waals surface area contributed by atoms with Crippen molar-refractivity contribution in [2.24, 2.45) is 0 Å². The number of benzene rings is 2. The highest BCUT2D eigenvalue weighted by Gasteiger charge is 2.15. The zero-order chi connectivity index (χ0) is 14.8. The fraction of sp³-hybridized carbons (Fsp3) is 0.0714. The molecule has 0 aromatic heterocycles. The van der Waals surface area contributed by atoms with Gasteiger partial charge in [-0.15, -0.1) is 0 Å². The quantitative estimate of drug-likeness (QED) is 0.945. The molecule has 0 aliphatic heterocycles. The first-order chi connectivity index (χ1) is 9.40. The van der Waals surface area contributed by atoms with E-state index in [1.165, 1.54) is 36.4 Å². The average molecular weight is 290 g/mol. The van der Waals surface area contributed by atoms with Gasteiger partial charge in [0.2, 0.25) is 0 Å². The molecule has 0 fully saturated rings. The molecule has 0 aliphatic carbocycles. The summed E-state index contributed by atoms with van der Waals surface area (Å²) in [5, 5.41) is 8.78. The number of hydrogen-bond donors (Lipinski definition) is 1. The van der Waals surface area contributed by atoms with Gasteiger partial charge in [-0.25, -0.2) is 12.8 Å². The predicted octanol–water partition coefficient (Wildman–Crippen LogP) is 2.81. The molecule has 0 radical (unpaired) electrons. The highest BCUT2D eigenvalue weighted by molar-refractivity contribution is 7.92. The van der Waals surface area contributed by atoms with Crippen molar-refractivity contribution < 1.29 is 12.8 Å². The van der Waals surface area contributed by atoms with E-state index < -0.39 is 15.8 Å². The summed E-state index contributed by atoms with van der Waals surface area (Å²) in [5.74, 6) is -0.520. The molecule has 2 aromatic rings. The van der Waals surface area contributed by atoms with Gasteiger partial charge in [-0.05, 0) is 48.9 Å². The van der Waals surface area contributed by atoms with Crippen molar-refractivity contribution >= 4 is 15.7 Å². The van der Waals surface area contributed by atoms with Crippen LogP contribution in [0.4, 0.5) is 10.1 Å². The van der Waals surface area contributed by atoms with Crippen molar-refractivity contribution in [2.45, 2.75) is 11.8 Å². The Hall–Kier alpha value is -2.39. The van der Waals surface area contributed by atoms with E-state index in [2.05, 4.69) is 4.72 Å². The topological polar surface area (TPSA) is 70.0 Å². The van der Waals surface area contributed by atoms with Crippen LogP contribution < -0.4 is 4.72 Å². The van der Waals surface area contributed by atoms with Gasteiger partial charge in [0.15, 0.2) is 0 Å². The molecule has 0 saturated carbocycles. The van der Waals surface area contributed by atoms with Crippen LogP contribution in [0, 0.1) is 24.1 Å². The van der Waals surface area contributed by atoms with Gasteiger partial charge >= 0.3 is 0 Å². The van der Waals surface area contributed by atoms with E-state index in [9.17, 15) is 12.8 Å². The number of hydrogen-bond acceptors (Lipinski definition) is 3. The van der Waals surface area contributed by atoms with E-state index in [0.29, 0.717) is 5.56 Å². The summed E-state index contributed by atoms with van der Waals surface area (Å²) in [4.78, 5) is -0.0431. The van der Waals surface area contributed by atoms with Gasteiger partial charge in [-0.3, -0.25) is 4.72 Å². The molecular formula is C14H11FN2O2S. The maximum absolute atomic E-state index is 13.2. The number of nitrogens with zero attached hydrogens (tertiary/aromatic N) is 1. The minimum atomic E-state index is -3.85. The van der Waals surface area contributed by atoms with Crippen LogP contribution in [0.1, 0.15) is 11.1 Å². The van der Waals surface area contributed by atoms with Crippen molar-refractivity contribution in [1.29, 1.82) is 5.26 Å². The van der Waals surface area contributed by atoms with Crippen LogP contribution in [-0.2, 0) is 10.0 Å². The first kappa shape index (κ1) is 14.0. The van der Waals surface area contributed by atoms with Crippen molar-refractivity contribution in [3.05, 3.63) is 59.4 Å². The van der Waals surface area contributed by atoms with Gasteiger partial charge in [0.1, 0.15) is 5.82 Å². The third-order valence-corrected chi connectivity index (χ3v) is 3.95. The van der Waals surface area contributed by atoms with E-state index in [4.69, 9.17) is 5.26 Å². The molecular weight excluding hydrogens is 279 g/mol. The number of sulfonamides is 1. The van der Waals surface area contributed by atoms with Crippen molar-refractivity contribution in [3.63, 3.8) is 0 Å². The number of rotatable bonds is 3. The SMILES string of the molecule is Cc1cc(F)cc(NS(=O)(=O)c2cccc(C#N)c2)c1. The molecule has 0 bridgehead atoms. The number of aryl methyl sites for hydroxylation is 1. The molecule has 0 unspecified atom stereocenters. The Labute approximate surface area is 116 Å². The molecule has 0 amide bonds. The maximum Gasteiger partial charge on any atom is 0.261 e. The molecule has 20 heavy (non-hydrogen) atoms. The molecule has 2 rings (SSSR count). The molecule has 0 spiro atoms. The van der Waals surface area contributed by atoms with E-state index >= 15 is 0 Å². The third-order valence-electron chi connectivity index (χ3n) is 2.57. The van der Waals surface area contributed by atoms with E-state index in [0.717, 1.165) is 6.07 Å². The lowest BCUT2D eigenvalue weighted by molar-refractivity contribution is 0.601. The first-order valence-corrected chi connectivity index (χ1v) is 7.19. The summed E-state index contributed by atoms with van der Waals surface area (Å²) in [5.41, 5.74) is 0.988. The lowest BCUT2D eigenvalue weighted by Crippen LogP contribution is -2.13. The van der Waals surface area contributed by atoms with Gasteiger partial charge in [-0.2, -0.15) is 5.26 Å². The lowest BCUT2D eigenvalue weighted by atomic mass is 10.2. The Morgan fingerprint density at radius 1 is 1.20 bits per heavy atom. The maximum atomic E-state index is 13.2. The standard InChI is InChI=1S/C14H11FN2O2S/c1-10-5-12(15)8-13(6-10)17-20(18,19)14-4-2-3-11(7-14)9-16/h2-8,17H,1H3. The molecule has 2 aromatic carbocycles. The molecule has 0 atom stereocenters. The first-order valence-electron chi connectivity index (χ1n) is 5.71. The highest BCUT2D eigenvalue weighted by Crippen LogP contribution is 2.19. The summed E-state index contributed by atoms with van der Waals surface area (Å²) in [6.45, 7) is 1.66. The van der Waals surface area contributed by atoms with Gasteiger partial charge in [0.05, 0.1) is 22.2 Å². The monoisotopic (exact) mass is 290 g/mol. The van der Waals surface area contributed by atoms with E-state index in [-0.39, 0.29) is 16.1 Å². The molecule has 0 heterocycles. The number of anilines is 1. The average Bonchev–Trinajstić information content (AvgIpc) is 2.37. The van der Waals surface area contributed by atoms with Crippen LogP contribution in [0.15, 0.2) is 47.4 Å². The second kappa shape index (κ2) is 5.31. The minimum absolute atomic E-state index is 0.0431. The largest absolute Gasteiger partial charge is 0.280 e. The summed E-state index contributed by atoms with van der Waals surface area (Å²) in [6.07, 6.45) is 0. The van der Waals surface area contributed by atoms with Crippen LogP contribution in [0.5, 0.6) is 0 Å². The van der Waals surface area contributed by atoms with Gasteiger partial charge in [0, 0.05) is 0 Å². The van der Waals surface area contributed by atoms with Crippen LogP contribution in [0.3, 0.4) is 0 Å². The second-order valence-electron chi connectivity index (χ2n) is 4.26. The van der Waals surface area contributed by atoms with Crippen LogP contribution in [-0.4, -0.2) is 8.42 Å². The molecule has 1 N–H and O–H groups in total. The Kier molecular flexibility index (Phi) is 3.72. The Bertz CT molecular complexity index is 775. The third kappa shape index (κ3) is 3.13. The Morgan fingerprint density at radius 3 is 2.60 bits per heavy atom. The second-order valence-corrected chi connectivity index (χ2v) is 5.94. The Balaban J connectivity index is 2.38. The molecule has 0 saturated heterocycles. The van der Waals surface area contributed by atoms with Gasteiger partial charge in [-0.1, -0.05) is 6.07 Å². The van der Waals surface area contributed by atoms with Crippen molar-refractivity contribution in [2.75, 3.05) is 4.72 Å². The normalized spacial score (nSPS) is 10.8. The number of nitrogens with one attached hydrogen (secondary N) is 1. The fourth-order valence-electron chi connectivity index (χ4n) is 1.74. The van der Waals surface area contributed by atoms with Gasteiger partial charge in [0.25, 0.3) is 10.0 Å². The smallest absolute Gasteiger partial charge is 0.261 e. The van der Waals surface area contributed by atoms with Crippen molar-refractivity contribution in [3.8, 4) is 6.07 Å². The van der Waals surface area contributed by atoms with E-state index in [1.54, 1.807) is 6.92 Å².